The van der Waals surface area contributed by atoms with Crippen LogP contribution in [0.25, 0.3) is 44.1 Å². The molecule has 238 valence electrons. The Morgan fingerprint density at radius 3 is 1.72 bits per heavy atom. The number of hydrogen-bond acceptors (Lipinski definition) is 12. The number of anilines is 4. The molecule has 13 nitrogen and oxygen atoms in total. The van der Waals surface area contributed by atoms with Crippen molar-refractivity contribution in [2.24, 2.45) is 0 Å². The molecular weight excluding hydrogens is 598 g/mol. The van der Waals surface area contributed by atoms with Crippen LogP contribution in [0.4, 0.5) is 29.2 Å². The first-order valence-corrected chi connectivity index (χ1v) is 14.5. The SMILES string of the molecule is CNc1nc(N)nc2cc(-c3c(C)cccc3C(=O)OC)ccc12.CNc1nc(N)nc2cc(-c3c(C)cccc3[N+](=O)[O-])ccc12. The molecule has 0 aliphatic rings. The van der Waals surface area contributed by atoms with Gasteiger partial charge in [0.25, 0.3) is 5.69 Å². The van der Waals surface area contributed by atoms with Crippen LogP contribution < -0.4 is 22.1 Å². The van der Waals surface area contributed by atoms with E-state index in [4.69, 9.17) is 16.2 Å². The molecule has 0 atom stereocenters. The quantitative estimate of drug-likeness (QED) is 0.0930. The number of hydrogen-bond donors (Lipinski definition) is 4. The van der Waals surface area contributed by atoms with Crippen molar-refractivity contribution < 1.29 is 14.5 Å². The highest BCUT2D eigenvalue weighted by atomic mass is 16.6. The molecule has 0 saturated heterocycles. The minimum Gasteiger partial charge on any atom is -0.465 e. The second-order valence-electron chi connectivity index (χ2n) is 10.5. The molecule has 13 heteroatoms. The first-order chi connectivity index (χ1) is 22.6. The van der Waals surface area contributed by atoms with Crippen molar-refractivity contribution >= 4 is 57.0 Å². The third-order valence-corrected chi connectivity index (χ3v) is 7.60. The van der Waals surface area contributed by atoms with Crippen LogP contribution in [0.2, 0.25) is 0 Å². The summed E-state index contributed by atoms with van der Waals surface area (Å²) in [4.78, 5) is 39.9. The van der Waals surface area contributed by atoms with Gasteiger partial charge in [-0.15, -0.1) is 0 Å². The molecule has 0 fully saturated rings. The highest BCUT2D eigenvalue weighted by Gasteiger charge is 2.19. The molecule has 0 radical (unpaired) electrons. The number of nitrogens with zero attached hydrogens (tertiary/aromatic N) is 5. The number of nitro groups is 1. The maximum Gasteiger partial charge on any atom is 0.338 e. The lowest BCUT2D eigenvalue weighted by atomic mass is 9.94. The summed E-state index contributed by atoms with van der Waals surface area (Å²) in [5, 5.41) is 19.0. The van der Waals surface area contributed by atoms with Crippen LogP contribution in [0.3, 0.4) is 0 Å². The van der Waals surface area contributed by atoms with Gasteiger partial charge in [-0.1, -0.05) is 36.4 Å². The van der Waals surface area contributed by atoms with Gasteiger partial charge in [0, 0.05) is 30.9 Å². The smallest absolute Gasteiger partial charge is 0.338 e. The highest BCUT2D eigenvalue weighted by Crippen LogP contribution is 2.35. The minimum absolute atomic E-state index is 0.0696. The van der Waals surface area contributed by atoms with E-state index in [1.165, 1.54) is 13.2 Å². The largest absolute Gasteiger partial charge is 0.465 e. The Kier molecular flexibility index (Phi) is 9.08. The number of benzene rings is 4. The first-order valence-electron chi connectivity index (χ1n) is 14.5. The molecule has 6 N–H and O–H groups in total. The van der Waals surface area contributed by atoms with Crippen LogP contribution in [-0.2, 0) is 4.74 Å². The second kappa shape index (κ2) is 13.3. The average Bonchev–Trinajstić information content (AvgIpc) is 3.06. The summed E-state index contributed by atoms with van der Waals surface area (Å²) < 4.78 is 4.90. The van der Waals surface area contributed by atoms with Gasteiger partial charge in [0.1, 0.15) is 11.6 Å². The van der Waals surface area contributed by atoms with Crippen molar-refractivity contribution in [3.8, 4) is 22.3 Å². The number of nitrogen functional groups attached to an aromatic ring is 2. The fourth-order valence-electron chi connectivity index (χ4n) is 5.50. The predicted molar refractivity (Wildman–Crippen MR) is 185 cm³/mol. The van der Waals surface area contributed by atoms with Gasteiger partial charge < -0.3 is 26.8 Å². The fraction of sp³-hybridized carbons (Fsp3) is 0.147. The molecule has 0 amide bonds. The number of ether oxygens (including phenoxy) is 1. The molecule has 0 saturated carbocycles. The first kappa shape index (κ1) is 32.0. The van der Waals surface area contributed by atoms with Gasteiger partial charge in [0.05, 0.1) is 34.2 Å². The fourth-order valence-corrected chi connectivity index (χ4v) is 5.50. The maximum atomic E-state index is 12.1. The molecule has 0 aliphatic carbocycles. The van der Waals surface area contributed by atoms with Gasteiger partial charge in [-0.3, -0.25) is 10.1 Å². The van der Waals surface area contributed by atoms with Gasteiger partial charge in [-0.2, -0.15) is 9.97 Å². The van der Waals surface area contributed by atoms with E-state index in [-0.39, 0.29) is 28.5 Å². The predicted octanol–water partition coefficient (Wildman–Crippen LogP) is 6.15. The Balaban J connectivity index is 0.000000185. The maximum absolute atomic E-state index is 12.1. The number of nitrogens with one attached hydrogen (secondary N) is 2. The van der Waals surface area contributed by atoms with E-state index in [0.29, 0.717) is 33.8 Å². The molecule has 47 heavy (non-hydrogen) atoms. The average molecular weight is 632 g/mol. The van der Waals surface area contributed by atoms with Crippen molar-refractivity contribution in [1.82, 2.24) is 19.9 Å². The van der Waals surface area contributed by atoms with Gasteiger partial charge >= 0.3 is 5.97 Å². The van der Waals surface area contributed by atoms with E-state index < -0.39 is 0 Å². The van der Waals surface area contributed by atoms with Crippen molar-refractivity contribution in [1.29, 1.82) is 0 Å². The Morgan fingerprint density at radius 2 is 1.23 bits per heavy atom. The summed E-state index contributed by atoms with van der Waals surface area (Å²) in [5.41, 5.74) is 18.3. The lowest BCUT2D eigenvalue weighted by Gasteiger charge is -2.13. The van der Waals surface area contributed by atoms with E-state index in [1.54, 1.807) is 32.3 Å². The molecule has 0 aliphatic heterocycles. The van der Waals surface area contributed by atoms with E-state index in [1.807, 2.05) is 62.4 Å². The zero-order valence-corrected chi connectivity index (χ0v) is 26.5. The molecule has 0 unspecified atom stereocenters. The van der Waals surface area contributed by atoms with E-state index >= 15 is 0 Å². The van der Waals surface area contributed by atoms with Crippen LogP contribution in [0, 0.1) is 24.0 Å². The number of aryl methyl sites for hydroxylation is 2. The van der Waals surface area contributed by atoms with Crippen molar-refractivity contribution in [3.63, 3.8) is 0 Å². The molecular formula is C34H33N9O4. The highest BCUT2D eigenvalue weighted by molar-refractivity contribution is 6.00. The zero-order chi connectivity index (χ0) is 33.8. The summed E-state index contributed by atoms with van der Waals surface area (Å²) in [6.45, 7) is 3.80. The summed E-state index contributed by atoms with van der Waals surface area (Å²) in [7, 11) is 4.91. The van der Waals surface area contributed by atoms with Crippen LogP contribution in [0.1, 0.15) is 21.5 Å². The Morgan fingerprint density at radius 1 is 0.745 bits per heavy atom. The number of methoxy groups -OCH3 is 1. The lowest BCUT2D eigenvalue weighted by Crippen LogP contribution is -2.05. The standard InChI is InChI=1S/C18H18N4O2.C16H15N5O2/c1-10-5-4-6-13(17(23)24-3)15(10)11-7-8-12-14(9-11)21-18(19)22-16(12)20-2;1-9-4-3-5-13(21(22)23)14(9)10-6-7-11-12(8-10)19-16(17)20-15(11)18-2/h4-9H,1-3H3,(H3,19,20,21,22);3-8H,1-2H3,(H3,17,18,19,20). The number of nitro benzene ring substituents is 1. The Bertz CT molecular complexity index is 2170. The number of esters is 1. The van der Waals surface area contributed by atoms with Crippen molar-refractivity contribution in [2.75, 3.05) is 43.3 Å². The summed E-state index contributed by atoms with van der Waals surface area (Å²) in [5.74, 6) is 1.27. The topological polar surface area (TPSA) is 197 Å². The van der Waals surface area contributed by atoms with Gasteiger partial charge in [0.15, 0.2) is 0 Å². The van der Waals surface area contributed by atoms with Gasteiger partial charge in [-0.25, -0.2) is 14.8 Å². The van der Waals surface area contributed by atoms with Gasteiger partial charge in [0.2, 0.25) is 11.9 Å². The third-order valence-electron chi connectivity index (χ3n) is 7.60. The van der Waals surface area contributed by atoms with Crippen LogP contribution >= 0.6 is 0 Å². The van der Waals surface area contributed by atoms with Gasteiger partial charge in [-0.05, 0) is 72.0 Å². The van der Waals surface area contributed by atoms with Crippen molar-refractivity contribution in [2.45, 2.75) is 13.8 Å². The number of nitrogens with two attached hydrogens (primary N) is 2. The van der Waals surface area contributed by atoms with Crippen LogP contribution in [0.5, 0.6) is 0 Å². The second-order valence-corrected chi connectivity index (χ2v) is 10.5. The molecule has 6 aromatic rings. The summed E-state index contributed by atoms with van der Waals surface area (Å²) >= 11 is 0. The molecule has 2 aromatic heterocycles. The van der Waals surface area contributed by atoms with E-state index in [2.05, 4.69) is 30.6 Å². The lowest BCUT2D eigenvalue weighted by molar-refractivity contribution is -0.384. The molecule has 0 bridgehead atoms. The Hall–Kier alpha value is -6.37. The third kappa shape index (κ3) is 6.40. The molecule has 0 spiro atoms. The number of rotatable bonds is 6. The number of carbonyl (C=O) groups excluding carboxylic acids is 1. The normalized spacial score (nSPS) is 10.7. The monoisotopic (exact) mass is 631 g/mol. The van der Waals surface area contributed by atoms with Crippen LogP contribution in [0.15, 0.2) is 72.8 Å². The molecule has 6 rings (SSSR count). The van der Waals surface area contributed by atoms with Crippen molar-refractivity contribution in [3.05, 3.63) is 99.6 Å². The molecule has 2 heterocycles. The summed E-state index contributed by atoms with van der Waals surface area (Å²) in [6.07, 6.45) is 0. The zero-order valence-electron chi connectivity index (χ0n) is 26.5. The molecule has 4 aromatic carbocycles. The number of carbonyl (C=O) groups is 1. The number of aromatic nitrogens is 4. The summed E-state index contributed by atoms with van der Waals surface area (Å²) in [6, 6.07) is 21.8. The van der Waals surface area contributed by atoms with E-state index in [9.17, 15) is 14.9 Å². The van der Waals surface area contributed by atoms with Crippen LogP contribution in [-0.4, -0.2) is 52.0 Å². The Labute approximate surface area is 270 Å². The minimum atomic E-state index is -0.375. The number of fused-ring (bicyclic) bond motifs is 2. The van der Waals surface area contributed by atoms with E-state index in [0.717, 1.165) is 38.6 Å².